The van der Waals surface area contributed by atoms with Crippen molar-refractivity contribution in [3.63, 3.8) is 0 Å². The summed E-state index contributed by atoms with van der Waals surface area (Å²) >= 11 is 3.46. The Morgan fingerprint density at radius 2 is 1.52 bits per heavy atom. The fourth-order valence-corrected chi connectivity index (χ4v) is 2.48. The topological polar surface area (TPSA) is 9.23 Å². The molecule has 1 nitrogen and oxygen atoms in total. The van der Waals surface area contributed by atoms with Gasteiger partial charge in [0.1, 0.15) is 5.75 Å². The van der Waals surface area contributed by atoms with Gasteiger partial charge in [-0.15, -0.1) is 0 Å². The molecule has 0 amide bonds. The number of ether oxygens (including phenoxy) is 1. The van der Waals surface area contributed by atoms with Gasteiger partial charge in [-0.25, -0.2) is 0 Å². The lowest BCUT2D eigenvalue weighted by Gasteiger charge is -2.10. The Balaban J connectivity index is 1.86. The Morgan fingerprint density at radius 3 is 2.10 bits per heavy atom. The van der Waals surface area contributed by atoms with Crippen molar-refractivity contribution in [2.24, 2.45) is 5.92 Å². The molecule has 0 N–H and O–H groups in total. The number of hydrogen-bond donors (Lipinski definition) is 0. The summed E-state index contributed by atoms with van der Waals surface area (Å²) in [6.07, 6.45) is 3.62. The van der Waals surface area contributed by atoms with Crippen LogP contribution in [0.25, 0.3) is 11.1 Å². The van der Waals surface area contributed by atoms with E-state index in [1.807, 2.05) is 0 Å². The lowest BCUT2D eigenvalue weighted by atomic mass is 10.0. The molecule has 0 aliphatic rings. The Hall–Kier alpha value is -1.28. The van der Waals surface area contributed by atoms with Crippen LogP contribution in [0.2, 0.25) is 0 Å². The van der Waals surface area contributed by atoms with Crippen molar-refractivity contribution >= 4 is 15.9 Å². The Kier molecular flexibility index (Phi) is 6.31. The molecule has 0 bridgehead atoms. The molecule has 0 saturated carbocycles. The van der Waals surface area contributed by atoms with Crippen molar-refractivity contribution in [2.75, 3.05) is 6.61 Å². The maximum atomic E-state index is 5.80. The largest absolute Gasteiger partial charge is 0.494 e. The second-order valence-electron chi connectivity index (χ2n) is 5.54. The molecule has 1 unspecified atom stereocenters. The Bertz CT molecular complexity index is 530. The number of halogens is 1. The molecule has 1 atom stereocenters. The van der Waals surface area contributed by atoms with Crippen LogP contribution in [0.3, 0.4) is 0 Å². The summed E-state index contributed by atoms with van der Waals surface area (Å²) in [4.78, 5) is 0. The molecule has 0 radical (unpaired) electrons. The van der Waals surface area contributed by atoms with Gasteiger partial charge in [0.25, 0.3) is 0 Å². The summed E-state index contributed by atoms with van der Waals surface area (Å²) in [5.74, 6) is 1.76. The van der Waals surface area contributed by atoms with Crippen LogP contribution in [0.5, 0.6) is 5.75 Å². The first-order chi connectivity index (χ1) is 10.2. The summed E-state index contributed by atoms with van der Waals surface area (Å²) in [5, 5.41) is 0. The van der Waals surface area contributed by atoms with Crippen molar-refractivity contribution in [2.45, 2.75) is 33.1 Å². The lowest BCUT2D eigenvalue weighted by molar-refractivity contribution is 0.294. The third-order valence-corrected chi connectivity index (χ3v) is 4.37. The lowest BCUT2D eigenvalue weighted by Crippen LogP contribution is -2.00. The smallest absolute Gasteiger partial charge is 0.119 e. The third-order valence-electron chi connectivity index (χ3n) is 3.84. The van der Waals surface area contributed by atoms with E-state index in [2.05, 4.69) is 78.3 Å². The van der Waals surface area contributed by atoms with Crippen LogP contribution >= 0.6 is 15.9 Å². The molecule has 2 heteroatoms. The van der Waals surface area contributed by atoms with Crippen molar-refractivity contribution in [1.29, 1.82) is 0 Å². The zero-order chi connectivity index (χ0) is 15.1. The fourth-order valence-electron chi connectivity index (χ4n) is 2.21. The molecule has 2 aromatic carbocycles. The highest BCUT2D eigenvalue weighted by Crippen LogP contribution is 2.24. The van der Waals surface area contributed by atoms with Crippen LogP contribution in [0.4, 0.5) is 0 Å². The first-order valence-corrected chi connectivity index (χ1v) is 8.47. The highest BCUT2D eigenvalue weighted by molar-refractivity contribution is 9.10. The number of rotatable bonds is 7. The average molecular weight is 347 g/mol. The van der Waals surface area contributed by atoms with Crippen LogP contribution in [-0.2, 0) is 0 Å². The molecule has 2 rings (SSSR count). The molecule has 0 aliphatic carbocycles. The van der Waals surface area contributed by atoms with E-state index in [1.54, 1.807) is 0 Å². The fraction of sp³-hybridized carbons (Fsp3) is 0.368. The van der Waals surface area contributed by atoms with E-state index < -0.39 is 0 Å². The monoisotopic (exact) mass is 346 g/mol. The summed E-state index contributed by atoms with van der Waals surface area (Å²) in [7, 11) is 0. The molecule has 0 fully saturated rings. The predicted octanol–water partition coefficient (Wildman–Crippen LogP) is 6.32. The summed E-state index contributed by atoms with van der Waals surface area (Å²) < 4.78 is 6.91. The minimum atomic E-state index is 0.799. The van der Waals surface area contributed by atoms with E-state index in [4.69, 9.17) is 4.74 Å². The molecule has 0 heterocycles. The van der Waals surface area contributed by atoms with Crippen molar-refractivity contribution in [1.82, 2.24) is 0 Å². The quantitative estimate of drug-likeness (QED) is 0.533. The maximum Gasteiger partial charge on any atom is 0.119 e. The molecule has 0 aromatic heterocycles. The van der Waals surface area contributed by atoms with Crippen molar-refractivity contribution in [3.8, 4) is 16.9 Å². The molecular formula is C19H23BrO. The van der Waals surface area contributed by atoms with Crippen LogP contribution < -0.4 is 4.74 Å². The molecule has 2 aromatic rings. The molecular weight excluding hydrogens is 324 g/mol. The average Bonchev–Trinajstić information content (AvgIpc) is 2.52. The maximum absolute atomic E-state index is 5.80. The SMILES string of the molecule is CCC(C)CCCOc1ccc(-c2ccc(Br)cc2)cc1. The van der Waals surface area contributed by atoms with Gasteiger partial charge in [-0.3, -0.25) is 0 Å². The van der Waals surface area contributed by atoms with Gasteiger partial charge >= 0.3 is 0 Å². The van der Waals surface area contributed by atoms with Crippen molar-refractivity contribution < 1.29 is 4.74 Å². The molecule has 112 valence electrons. The summed E-state index contributed by atoms with van der Waals surface area (Å²) in [5.41, 5.74) is 2.44. The van der Waals surface area contributed by atoms with Gasteiger partial charge < -0.3 is 4.74 Å². The van der Waals surface area contributed by atoms with Crippen LogP contribution in [0.1, 0.15) is 33.1 Å². The summed E-state index contributed by atoms with van der Waals surface area (Å²) in [6, 6.07) is 16.7. The molecule has 0 saturated heterocycles. The second kappa shape index (κ2) is 8.23. The van der Waals surface area contributed by atoms with Gasteiger partial charge in [-0.1, -0.05) is 60.5 Å². The van der Waals surface area contributed by atoms with Crippen molar-refractivity contribution in [3.05, 3.63) is 53.0 Å². The highest BCUT2D eigenvalue weighted by Gasteiger charge is 2.01. The van der Waals surface area contributed by atoms with Crippen LogP contribution in [0, 0.1) is 5.92 Å². The Morgan fingerprint density at radius 1 is 0.952 bits per heavy atom. The molecule has 0 spiro atoms. The minimum Gasteiger partial charge on any atom is -0.494 e. The van der Waals surface area contributed by atoms with E-state index in [0.29, 0.717) is 0 Å². The summed E-state index contributed by atoms with van der Waals surface area (Å²) in [6.45, 7) is 5.35. The molecule has 0 aliphatic heterocycles. The van der Waals surface area contributed by atoms with E-state index in [1.165, 1.54) is 24.0 Å². The number of benzene rings is 2. The minimum absolute atomic E-state index is 0.799. The van der Waals surface area contributed by atoms with Gasteiger partial charge in [-0.05, 0) is 54.2 Å². The van der Waals surface area contributed by atoms with Crippen LogP contribution in [-0.4, -0.2) is 6.61 Å². The normalized spacial score (nSPS) is 12.1. The van der Waals surface area contributed by atoms with Gasteiger partial charge in [0, 0.05) is 4.47 Å². The highest BCUT2D eigenvalue weighted by atomic mass is 79.9. The van der Waals surface area contributed by atoms with E-state index >= 15 is 0 Å². The number of hydrogen-bond acceptors (Lipinski definition) is 1. The van der Waals surface area contributed by atoms with E-state index in [0.717, 1.165) is 29.2 Å². The van der Waals surface area contributed by atoms with Gasteiger partial charge in [0.2, 0.25) is 0 Å². The third kappa shape index (κ3) is 5.20. The first kappa shape index (κ1) is 16.1. The standard InChI is InChI=1S/C19H23BrO/c1-3-15(2)5-4-14-21-19-12-8-17(9-13-19)16-6-10-18(20)11-7-16/h6-13,15H,3-5,14H2,1-2H3. The van der Waals surface area contributed by atoms with E-state index in [-0.39, 0.29) is 0 Å². The first-order valence-electron chi connectivity index (χ1n) is 7.68. The predicted molar refractivity (Wildman–Crippen MR) is 93.8 cm³/mol. The van der Waals surface area contributed by atoms with E-state index in [9.17, 15) is 0 Å². The van der Waals surface area contributed by atoms with Gasteiger partial charge in [-0.2, -0.15) is 0 Å². The second-order valence-corrected chi connectivity index (χ2v) is 6.45. The van der Waals surface area contributed by atoms with Gasteiger partial charge in [0.15, 0.2) is 0 Å². The zero-order valence-corrected chi connectivity index (χ0v) is 14.4. The van der Waals surface area contributed by atoms with Crippen LogP contribution in [0.15, 0.2) is 53.0 Å². The Labute approximate surface area is 136 Å². The molecule has 21 heavy (non-hydrogen) atoms. The van der Waals surface area contributed by atoms with Gasteiger partial charge in [0.05, 0.1) is 6.61 Å². The zero-order valence-electron chi connectivity index (χ0n) is 12.8.